The second-order valence-electron chi connectivity index (χ2n) is 9.99. The minimum absolute atomic E-state index is 0.175. The molecule has 0 aromatic carbocycles. The molecule has 0 aromatic rings. The van der Waals surface area contributed by atoms with Crippen molar-refractivity contribution in [3.8, 4) is 0 Å². The number of fused-ring (bicyclic) bond motifs is 4. The van der Waals surface area contributed by atoms with Gasteiger partial charge >= 0.3 is 11.9 Å². The maximum absolute atomic E-state index is 12.8. The van der Waals surface area contributed by atoms with Gasteiger partial charge in [-0.15, -0.1) is 0 Å². The maximum Gasteiger partial charge on any atom is 0.342 e. The van der Waals surface area contributed by atoms with Gasteiger partial charge in [0.15, 0.2) is 6.10 Å². The molecule has 25 heavy (non-hydrogen) atoms. The zero-order valence-corrected chi connectivity index (χ0v) is 15.4. The Morgan fingerprint density at radius 3 is 2.60 bits per heavy atom. The third-order valence-electron chi connectivity index (χ3n) is 7.87. The van der Waals surface area contributed by atoms with Crippen molar-refractivity contribution in [3.05, 3.63) is 0 Å². The Morgan fingerprint density at radius 1 is 1.28 bits per heavy atom. The monoisotopic (exact) mass is 350 g/mol. The first-order chi connectivity index (χ1) is 11.5. The summed E-state index contributed by atoms with van der Waals surface area (Å²) < 4.78 is 17.2. The lowest BCUT2D eigenvalue weighted by Crippen LogP contribution is -2.68. The van der Waals surface area contributed by atoms with Crippen molar-refractivity contribution in [2.45, 2.75) is 77.0 Å². The summed E-state index contributed by atoms with van der Waals surface area (Å²) in [6.45, 7) is 10.4. The van der Waals surface area contributed by atoms with Gasteiger partial charge in [0.1, 0.15) is 12.2 Å². The Morgan fingerprint density at radius 2 is 1.96 bits per heavy atom. The van der Waals surface area contributed by atoms with Gasteiger partial charge in [-0.1, -0.05) is 27.7 Å². The van der Waals surface area contributed by atoms with E-state index in [1.807, 2.05) is 6.92 Å². The first-order valence-electron chi connectivity index (χ1n) is 9.32. The third-order valence-corrected chi connectivity index (χ3v) is 7.87. The maximum atomic E-state index is 12.8. The molecule has 5 fully saturated rings. The van der Waals surface area contributed by atoms with Crippen molar-refractivity contribution < 1.29 is 28.9 Å². The van der Waals surface area contributed by atoms with E-state index in [-0.39, 0.29) is 23.4 Å². The summed E-state index contributed by atoms with van der Waals surface area (Å²) >= 11 is 0. The molecule has 0 amide bonds. The van der Waals surface area contributed by atoms with E-state index in [9.17, 15) is 14.7 Å². The highest BCUT2D eigenvalue weighted by Gasteiger charge is 2.95. The van der Waals surface area contributed by atoms with Crippen LogP contribution in [0.4, 0.5) is 0 Å². The fraction of sp³-hybridized carbons (Fsp3) is 0.895. The van der Waals surface area contributed by atoms with Crippen molar-refractivity contribution in [2.75, 3.05) is 0 Å². The Balaban J connectivity index is 1.67. The van der Waals surface area contributed by atoms with Crippen molar-refractivity contribution in [1.82, 2.24) is 0 Å². The van der Waals surface area contributed by atoms with Crippen LogP contribution < -0.4 is 0 Å². The molecule has 2 aliphatic carbocycles. The average Bonchev–Trinajstić information content (AvgIpc) is 2.93. The van der Waals surface area contributed by atoms with E-state index in [0.29, 0.717) is 12.3 Å². The summed E-state index contributed by atoms with van der Waals surface area (Å²) in [6.07, 6.45) is -0.296. The molecule has 3 aliphatic heterocycles. The summed E-state index contributed by atoms with van der Waals surface area (Å²) in [5, 5.41) is 11.8. The van der Waals surface area contributed by atoms with Gasteiger partial charge in [0.25, 0.3) is 0 Å². The molecule has 0 unspecified atom stereocenters. The lowest BCUT2D eigenvalue weighted by Gasteiger charge is -2.54. The van der Waals surface area contributed by atoms with Crippen LogP contribution in [0.3, 0.4) is 0 Å². The number of aliphatic hydroxyl groups is 1. The van der Waals surface area contributed by atoms with E-state index >= 15 is 0 Å². The molecule has 138 valence electrons. The predicted molar refractivity (Wildman–Crippen MR) is 85.3 cm³/mol. The van der Waals surface area contributed by atoms with Gasteiger partial charge in [-0.2, -0.15) is 0 Å². The van der Waals surface area contributed by atoms with Crippen LogP contribution in [-0.2, 0) is 23.8 Å². The zero-order valence-electron chi connectivity index (χ0n) is 15.4. The summed E-state index contributed by atoms with van der Waals surface area (Å²) in [5.74, 6) is -1.10. The summed E-state index contributed by atoms with van der Waals surface area (Å²) in [4.78, 5) is 25.4. The zero-order chi connectivity index (χ0) is 18.2. The van der Waals surface area contributed by atoms with Gasteiger partial charge in [0.2, 0.25) is 5.60 Å². The van der Waals surface area contributed by atoms with Crippen LogP contribution in [0, 0.1) is 28.6 Å². The largest absolute Gasteiger partial charge is 0.458 e. The molecule has 6 heteroatoms. The molecule has 0 aromatic heterocycles. The van der Waals surface area contributed by atoms with E-state index in [0.717, 1.165) is 6.42 Å². The van der Waals surface area contributed by atoms with Crippen LogP contribution in [0.5, 0.6) is 0 Å². The normalized spacial score (nSPS) is 55.1. The summed E-state index contributed by atoms with van der Waals surface area (Å²) in [7, 11) is 0. The van der Waals surface area contributed by atoms with Crippen LogP contribution in [0.2, 0.25) is 0 Å². The van der Waals surface area contributed by atoms with Gasteiger partial charge in [-0.25, -0.2) is 4.79 Å². The lowest BCUT2D eigenvalue weighted by molar-refractivity contribution is -0.215. The number of hydrogen-bond acceptors (Lipinski definition) is 6. The number of carbonyl (C=O) groups excluding carboxylic acids is 2. The molecule has 8 atom stereocenters. The Bertz CT molecular complexity index is 700. The molecule has 0 radical (unpaired) electrons. The first kappa shape index (κ1) is 16.1. The van der Waals surface area contributed by atoms with Crippen LogP contribution in [0.25, 0.3) is 0 Å². The highest BCUT2D eigenvalue weighted by molar-refractivity contribution is 5.91. The molecule has 5 aliphatic rings. The highest BCUT2D eigenvalue weighted by Crippen LogP contribution is 2.77. The van der Waals surface area contributed by atoms with Crippen LogP contribution in [0.1, 0.15) is 47.5 Å². The molecule has 5 rings (SSSR count). The van der Waals surface area contributed by atoms with Gasteiger partial charge in [0.05, 0.1) is 16.9 Å². The molecule has 1 spiro atoms. The van der Waals surface area contributed by atoms with Gasteiger partial charge in [-0.05, 0) is 24.7 Å². The number of esters is 2. The number of ether oxygens (including phenoxy) is 3. The number of epoxide rings is 1. The molecular weight excluding hydrogens is 324 g/mol. The molecule has 2 saturated carbocycles. The summed E-state index contributed by atoms with van der Waals surface area (Å²) in [6, 6.07) is 0. The van der Waals surface area contributed by atoms with E-state index in [2.05, 4.69) is 27.7 Å². The van der Waals surface area contributed by atoms with Crippen molar-refractivity contribution in [3.63, 3.8) is 0 Å². The van der Waals surface area contributed by atoms with Crippen molar-refractivity contribution in [1.29, 1.82) is 0 Å². The SMILES string of the molecule is CC(C)CC(C)(C)[C@@H]1[C@@H]2OC(=O)[C@H]1[C@]1(O)C[C@H]3O[C@]34C(=O)O[C@H]2[C@]14C. The lowest BCUT2D eigenvalue weighted by atomic mass is 9.49. The topological polar surface area (TPSA) is 85.4 Å². The molecule has 3 heterocycles. The minimum Gasteiger partial charge on any atom is -0.458 e. The van der Waals surface area contributed by atoms with Crippen LogP contribution in [-0.4, -0.2) is 46.6 Å². The number of carbonyl (C=O) groups is 2. The van der Waals surface area contributed by atoms with Gasteiger partial charge < -0.3 is 19.3 Å². The fourth-order valence-electron chi connectivity index (χ4n) is 7.11. The quantitative estimate of drug-likeness (QED) is 0.612. The van der Waals surface area contributed by atoms with E-state index in [1.54, 1.807) is 0 Å². The molecule has 6 nitrogen and oxygen atoms in total. The van der Waals surface area contributed by atoms with Crippen LogP contribution >= 0.6 is 0 Å². The van der Waals surface area contributed by atoms with Crippen molar-refractivity contribution in [2.24, 2.45) is 28.6 Å². The third kappa shape index (κ3) is 1.41. The molecule has 3 saturated heterocycles. The molecule has 2 bridgehead atoms. The average molecular weight is 350 g/mol. The highest BCUT2D eigenvalue weighted by atomic mass is 16.7. The Kier molecular flexibility index (Phi) is 2.61. The van der Waals surface area contributed by atoms with Gasteiger partial charge in [-0.3, -0.25) is 4.79 Å². The van der Waals surface area contributed by atoms with E-state index < -0.39 is 40.7 Å². The second kappa shape index (κ2) is 4.06. The number of hydrogen-bond donors (Lipinski definition) is 1. The second-order valence-corrected chi connectivity index (χ2v) is 9.99. The first-order valence-corrected chi connectivity index (χ1v) is 9.32. The van der Waals surface area contributed by atoms with E-state index in [1.165, 1.54) is 0 Å². The van der Waals surface area contributed by atoms with Crippen LogP contribution in [0.15, 0.2) is 0 Å². The number of rotatable bonds is 3. The standard InChI is InChI=1S/C19H26O6/c1-8(2)6-16(3,4)10-11-14(20)23-12(10)13-17(5)18(11,22)7-9-19(17,25-9)15(21)24-13/h8-13,22H,6-7H2,1-5H3/t9-,10+,11+,12+,13-,17-,18-,19+/m1/s1. The Hall–Kier alpha value is -1.14. The van der Waals surface area contributed by atoms with E-state index in [4.69, 9.17) is 14.2 Å². The minimum atomic E-state index is -1.32. The molecule has 1 N–H and O–H groups in total. The summed E-state index contributed by atoms with van der Waals surface area (Å²) in [5.41, 5.74) is -3.55. The van der Waals surface area contributed by atoms with Crippen molar-refractivity contribution >= 4 is 11.9 Å². The Labute approximate surface area is 147 Å². The van der Waals surface area contributed by atoms with Gasteiger partial charge in [0, 0.05) is 12.3 Å². The predicted octanol–water partition coefficient (Wildman–Crippen LogP) is 1.43. The fourth-order valence-corrected chi connectivity index (χ4v) is 7.11. The molecular formula is C19H26O6. The smallest absolute Gasteiger partial charge is 0.342 e.